The summed E-state index contributed by atoms with van der Waals surface area (Å²) in [5.74, 6) is 6.56. The molecule has 0 saturated heterocycles. The van der Waals surface area contributed by atoms with Gasteiger partial charge in [0.2, 0.25) is 0 Å². The van der Waals surface area contributed by atoms with Crippen molar-refractivity contribution in [2.45, 2.75) is 92.9 Å². The molecule has 0 fully saturated rings. The maximum atomic E-state index is 4.19. The van der Waals surface area contributed by atoms with E-state index in [2.05, 4.69) is 66.5 Å². The van der Waals surface area contributed by atoms with Crippen molar-refractivity contribution in [3.63, 3.8) is 0 Å². The summed E-state index contributed by atoms with van der Waals surface area (Å²) < 4.78 is 2.53. The lowest BCUT2D eigenvalue weighted by Gasteiger charge is -2.36. The molecule has 0 spiro atoms. The first-order chi connectivity index (χ1) is 14.4. The van der Waals surface area contributed by atoms with Gasteiger partial charge in [0.1, 0.15) is 0 Å². The molecule has 2 nitrogen and oxygen atoms in total. The lowest BCUT2D eigenvalue weighted by atomic mass is 10.1. The number of allylic oxidation sites excluding steroid dienone is 2. The minimum Gasteiger partial charge on any atom is -0.324 e. The minimum atomic E-state index is 1.03. The molecule has 0 aliphatic heterocycles. The zero-order chi connectivity index (χ0) is 22.9. The van der Waals surface area contributed by atoms with Crippen molar-refractivity contribution in [2.24, 2.45) is 0 Å². The van der Waals surface area contributed by atoms with Crippen LogP contribution in [-0.4, -0.2) is 61.3 Å². The number of hydrogen-bond donors (Lipinski definition) is 0. The third-order valence-electron chi connectivity index (χ3n) is 7.22. The van der Waals surface area contributed by atoms with Gasteiger partial charge in [-0.3, -0.25) is 0 Å². The van der Waals surface area contributed by atoms with Crippen LogP contribution in [-0.2, 0) is 0 Å². The molecule has 0 atom stereocenters. The van der Waals surface area contributed by atoms with Crippen LogP contribution in [0.2, 0.25) is 0 Å². The van der Waals surface area contributed by atoms with Crippen molar-refractivity contribution in [2.75, 3.05) is 52.4 Å². The summed E-state index contributed by atoms with van der Waals surface area (Å²) in [4.78, 5) is 0. The highest BCUT2D eigenvalue weighted by atomic mass is 15.3. The molecule has 0 saturated carbocycles. The number of nitrogens with zero attached hydrogens (tertiary/aromatic N) is 2. The van der Waals surface area contributed by atoms with Gasteiger partial charge in [0.05, 0.1) is 52.4 Å². The Morgan fingerprint density at radius 1 is 0.533 bits per heavy atom. The van der Waals surface area contributed by atoms with Gasteiger partial charge in [0, 0.05) is 0 Å². The SMILES string of the molecule is C=C(C#CC(=C)CCCC[N+](CC)(CC)CCC)CCCC[N+](CC)(CC)CCC. The number of rotatable bonds is 18. The largest absolute Gasteiger partial charge is 0.324 e. The van der Waals surface area contributed by atoms with Crippen molar-refractivity contribution in [3.05, 3.63) is 24.3 Å². The fraction of sp³-hybridized carbons (Fsp3) is 0.786. The van der Waals surface area contributed by atoms with E-state index in [0.29, 0.717) is 0 Å². The van der Waals surface area contributed by atoms with Crippen LogP contribution in [0.1, 0.15) is 92.9 Å². The van der Waals surface area contributed by atoms with Gasteiger partial charge in [-0.05, 0) is 90.2 Å². The molecular formula is C28H54N2+2. The van der Waals surface area contributed by atoms with Crippen molar-refractivity contribution in [3.8, 4) is 11.8 Å². The fourth-order valence-corrected chi connectivity index (χ4v) is 4.76. The van der Waals surface area contributed by atoms with E-state index in [0.717, 1.165) is 24.0 Å². The first kappa shape index (κ1) is 29.0. The molecule has 0 amide bonds. The molecule has 0 heterocycles. The molecule has 0 aliphatic carbocycles. The maximum absolute atomic E-state index is 4.19. The average molecular weight is 419 g/mol. The van der Waals surface area contributed by atoms with E-state index in [-0.39, 0.29) is 0 Å². The number of unbranched alkanes of at least 4 members (excludes halogenated alkanes) is 2. The van der Waals surface area contributed by atoms with Crippen LogP contribution in [0, 0.1) is 11.8 Å². The fourth-order valence-electron chi connectivity index (χ4n) is 4.76. The molecule has 0 aromatic heterocycles. The summed E-state index contributed by atoms with van der Waals surface area (Å²) >= 11 is 0. The number of quaternary nitrogens is 2. The molecule has 2 heteroatoms. The molecule has 0 N–H and O–H groups in total. The van der Waals surface area contributed by atoms with Crippen LogP contribution in [0.15, 0.2) is 24.3 Å². The Kier molecular flexibility index (Phi) is 16.1. The molecule has 0 unspecified atom stereocenters. The van der Waals surface area contributed by atoms with Gasteiger partial charge in [0.25, 0.3) is 0 Å². The first-order valence-corrected chi connectivity index (χ1v) is 12.9. The zero-order valence-electron chi connectivity index (χ0n) is 21.6. The summed E-state index contributed by atoms with van der Waals surface area (Å²) in [6.07, 6.45) is 9.57. The molecule has 0 aromatic carbocycles. The molecule has 0 aromatic rings. The van der Waals surface area contributed by atoms with E-state index >= 15 is 0 Å². The quantitative estimate of drug-likeness (QED) is 0.128. The summed E-state index contributed by atoms with van der Waals surface area (Å²) in [7, 11) is 0. The molecular weight excluding hydrogens is 364 g/mol. The Morgan fingerprint density at radius 2 is 0.867 bits per heavy atom. The monoisotopic (exact) mass is 418 g/mol. The van der Waals surface area contributed by atoms with E-state index in [1.165, 1.54) is 99.8 Å². The van der Waals surface area contributed by atoms with E-state index < -0.39 is 0 Å². The molecule has 30 heavy (non-hydrogen) atoms. The van der Waals surface area contributed by atoms with E-state index in [1.54, 1.807) is 0 Å². The predicted molar refractivity (Wildman–Crippen MR) is 136 cm³/mol. The van der Waals surface area contributed by atoms with Gasteiger partial charge < -0.3 is 8.97 Å². The second-order valence-electron chi connectivity index (χ2n) is 9.21. The second kappa shape index (κ2) is 16.6. The summed E-state index contributed by atoms with van der Waals surface area (Å²) in [5.41, 5.74) is 2.15. The Bertz CT molecular complexity index is 481. The van der Waals surface area contributed by atoms with Crippen LogP contribution in [0.4, 0.5) is 0 Å². The third-order valence-corrected chi connectivity index (χ3v) is 7.22. The third kappa shape index (κ3) is 11.4. The summed E-state index contributed by atoms with van der Waals surface area (Å²) in [6.45, 7) is 32.5. The Morgan fingerprint density at radius 3 is 1.13 bits per heavy atom. The highest BCUT2D eigenvalue weighted by Crippen LogP contribution is 2.15. The lowest BCUT2D eigenvalue weighted by Crippen LogP contribution is -2.48. The Balaban J connectivity index is 4.20. The van der Waals surface area contributed by atoms with E-state index in [1.807, 2.05) is 0 Å². The van der Waals surface area contributed by atoms with Crippen LogP contribution in [0.25, 0.3) is 0 Å². The van der Waals surface area contributed by atoms with Crippen molar-refractivity contribution >= 4 is 0 Å². The normalized spacial score (nSPS) is 11.8. The second-order valence-corrected chi connectivity index (χ2v) is 9.21. The maximum Gasteiger partial charge on any atom is 0.0786 e. The summed E-state index contributed by atoms with van der Waals surface area (Å²) in [6, 6.07) is 0. The van der Waals surface area contributed by atoms with Crippen molar-refractivity contribution in [1.82, 2.24) is 0 Å². The molecule has 0 rings (SSSR count). The predicted octanol–water partition coefficient (Wildman–Crippen LogP) is 6.98. The van der Waals surface area contributed by atoms with Gasteiger partial charge in [-0.1, -0.05) is 38.8 Å². The van der Waals surface area contributed by atoms with E-state index in [9.17, 15) is 0 Å². The molecule has 174 valence electrons. The first-order valence-electron chi connectivity index (χ1n) is 12.9. The van der Waals surface area contributed by atoms with Gasteiger partial charge in [-0.15, -0.1) is 0 Å². The number of hydrogen-bond acceptors (Lipinski definition) is 0. The smallest absolute Gasteiger partial charge is 0.0786 e. The summed E-state index contributed by atoms with van der Waals surface area (Å²) in [5, 5.41) is 0. The average Bonchev–Trinajstić information content (AvgIpc) is 2.76. The molecule has 0 aliphatic rings. The molecule has 0 radical (unpaired) electrons. The Labute approximate surface area is 190 Å². The highest BCUT2D eigenvalue weighted by Gasteiger charge is 2.21. The van der Waals surface area contributed by atoms with Gasteiger partial charge >= 0.3 is 0 Å². The van der Waals surface area contributed by atoms with Crippen LogP contribution >= 0.6 is 0 Å². The zero-order valence-corrected chi connectivity index (χ0v) is 21.6. The standard InChI is InChI=1S/C28H54N2/c1-9-23-29(11-3,12-4)25-17-15-19-27(7)21-22-28(8)20-16-18-26-30(13-5,14-6)24-10-2/h7-20,23-26H2,1-6H3/q+2. The van der Waals surface area contributed by atoms with Crippen molar-refractivity contribution in [1.29, 1.82) is 0 Å². The lowest BCUT2D eigenvalue weighted by molar-refractivity contribution is -0.925. The Hall–Kier alpha value is -1.04. The van der Waals surface area contributed by atoms with Gasteiger partial charge in [-0.25, -0.2) is 0 Å². The highest BCUT2D eigenvalue weighted by molar-refractivity contribution is 5.35. The van der Waals surface area contributed by atoms with Crippen molar-refractivity contribution < 1.29 is 8.97 Å². The van der Waals surface area contributed by atoms with Crippen LogP contribution < -0.4 is 0 Å². The van der Waals surface area contributed by atoms with Gasteiger partial charge in [-0.2, -0.15) is 0 Å². The van der Waals surface area contributed by atoms with Crippen LogP contribution in [0.3, 0.4) is 0 Å². The minimum absolute atomic E-state index is 1.03. The molecule has 0 bridgehead atoms. The van der Waals surface area contributed by atoms with Crippen LogP contribution in [0.5, 0.6) is 0 Å². The van der Waals surface area contributed by atoms with Gasteiger partial charge in [0.15, 0.2) is 0 Å². The topological polar surface area (TPSA) is 0 Å². The van der Waals surface area contributed by atoms with E-state index in [4.69, 9.17) is 0 Å².